The molecule has 0 atom stereocenters. The van der Waals surface area contributed by atoms with Crippen LogP contribution >= 0.6 is 23.2 Å². The maximum absolute atomic E-state index is 12.4. The number of nitrogens with zero attached hydrogens (tertiary/aromatic N) is 1. The molecule has 0 unspecified atom stereocenters. The Kier molecular flexibility index (Phi) is 6.03. The van der Waals surface area contributed by atoms with E-state index in [2.05, 4.69) is 29.2 Å². The number of aryl methyl sites for hydroxylation is 1. The number of hydrogen-bond acceptors (Lipinski definition) is 3. The van der Waals surface area contributed by atoms with Crippen molar-refractivity contribution in [1.29, 1.82) is 0 Å². The molecule has 164 valence electrons. The normalized spacial score (nSPS) is 11.2. The van der Waals surface area contributed by atoms with Crippen LogP contribution in [0.15, 0.2) is 78.9 Å². The smallest absolute Gasteiger partial charge is 0.311 e. The van der Waals surface area contributed by atoms with E-state index in [0.29, 0.717) is 28.6 Å². The van der Waals surface area contributed by atoms with Crippen molar-refractivity contribution in [2.75, 3.05) is 0 Å². The van der Waals surface area contributed by atoms with Crippen LogP contribution in [0.4, 0.5) is 0 Å². The summed E-state index contributed by atoms with van der Waals surface area (Å²) >= 11 is 12.0. The van der Waals surface area contributed by atoms with Crippen LogP contribution in [0.5, 0.6) is 5.75 Å². The first-order valence-electron chi connectivity index (χ1n) is 10.7. The van der Waals surface area contributed by atoms with E-state index in [9.17, 15) is 4.79 Å². The second-order valence-corrected chi connectivity index (χ2v) is 8.66. The third-order valence-corrected chi connectivity index (χ3v) is 6.12. The van der Waals surface area contributed by atoms with Gasteiger partial charge in [0.2, 0.25) is 0 Å². The minimum absolute atomic E-state index is 0.267. The van der Waals surface area contributed by atoms with Crippen LogP contribution < -0.4 is 4.74 Å². The summed E-state index contributed by atoms with van der Waals surface area (Å²) in [5.41, 5.74) is 5.01. The van der Waals surface area contributed by atoms with Gasteiger partial charge in [-0.15, -0.1) is 0 Å². The van der Waals surface area contributed by atoms with Crippen molar-refractivity contribution in [3.05, 3.63) is 94.5 Å². The number of nitrogens with one attached hydrogen (secondary N) is 1. The fraction of sp³-hybridized carbons (Fsp3) is 0.111. The van der Waals surface area contributed by atoms with Gasteiger partial charge in [-0.3, -0.25) is 4.79 Å². The first-order valence-corrected chi connectivity index (χ1v) is 11.5. The highest BCUT2D eigenvalue weighted by Crippen LogP contribution is 2.32. The molecule has 5 rings (SSSR count). The molecule has 0 aliphatic rings. The highest BCUT2D eigenvalue weighted by Gasteiger charge is 2.16. The van der Waals surface area contributed by atoms with Crippen LogP contribution in [0.3, 0.4) is 0 Å². The summed E-state index contributed by atoms with van der Waals surface area (Å²) in [7, 11) is 0. The lowest BCUT2D eigenvalue weighted by Crippen LogP contribution is -2.08. The fourth-order valence-electron chi connectivity index (χ4n) is 4.02. The van der Waals surface area contributed by atoms with Crippen LogP contribution in [-0.4, -0.2) is 15.9 Å². The molecule has 0 fully saturated rings. The van der Waals surface area contributed by atoms with E-state index < -0.39 is 0 Å². The molecule has 5 aromatic rings. The van der Waals surface area contributed by atoms with E-state index in [4.69, 9.17) is 32.9 Å². The summed E-state index contributed by atoms with van der Waals surface area (Å²) in [5, 5.41) is 3.05. The molecule has 0 radical (unpaired) electrons. The van der Waals surface area contributed by atoms with Crippen molar-refractivity contribution in [3.63, 3.8) is 0 Å². The highest BCUT2D eigenvalue weighted by molar-refractivity contribution is 6.35. The zero-order valence-corrected chi connectivity index (χ0v) is 19.2. The molecule has 2 heterocycles. The summed E-state index contributed by atoms with van der Waals surface area (Å²) in [6.45, 7) is 0. The van der Waals surface area contributed by atoms with Crippen LogP contribution in [0, 0.1) is 0 Å². The third kappa shape index (κ3) is 4.58. The summed E-state index contributed by atoms with van der Waals surface area (Å²) in [6, 6.07) is 25.2. The lowest BCUT2D eigenvalue weighted by molar-refractivity contribution is -0.134. The van der Waals surface area contributed by atoms with Gasteiger partial charge in [-0.05, 0) is 54.8 Å². The number of rotatable bonds is 6. The molecule has 0 saturated carbocycles. The van der Waals surface area contributed by atoms with Crippen LogP contribution in [0.2, 0.25) is 10.0 Å². The first-order chi connectivity index (χ1) is 16.1. The van der Waals surface area contributed by atoms with Gasteiger partial charge in [-0.1, -0.05) is 65.7 Å². The zero-order valence-electron chi connectivity index (χ0n) is 17.6. The number of carbonyl (C=O) groups is 1. The second-order valence-electron chi connectivity index (χ2n) is 7.82. The van der Waals surface area contributed by atoms with Crippen LogP contribution in [-0.2, 0) is 11.2 Å². The number of pyridine rings is 1. The van der Waals surface area contributed by atoms with E-state index in [1.165, 1.54) is 0 Å². The number of esters is 1. The van der Waals surface area contributed by atoms with E-state index in [1.807, 2.05) is 36.4 Å². The van der Waals surface area contributed by atoms with Crippen molar-refractivity contribution in [3.8, 4) is 17.1 Å². The number of halogens is 2. The van der Waals surface area contributed by atoms with Gasteiger partial charge in [0.05, 0.1) is 21.9 Å². The van der Waals surface area contributed by atoms with Gasteiger partial charge in [-0.25, -0.2) is 4.98 Å². The third-order valence-electron chi connectivity index (χ3n) is 5.59. The molecular formula is C27H20Cl2N2O2. The Morgan fingerprint density at radius 2 is 1.76 bits per heavy atom. The number of aromatic nitrogens is 2. The number of hydrogen-bond donors (Lipinski definition) is 1. The SMILES string of the molecule is O=C(CCCc1c(-c2ccc3ccccc3n2)[nH]c2ccccc12)Oc1ccc(Cl)cc1Cl. The summed E-state index contributed by atoms with van der Waals surface area (Å²) in [5.74, 6) is -0.0105. The summed E-state index contributed by atoms with van der Waals surface area (Å²) in [6.07, 6.45) is 1.60. The van der Waals surface area contributed by atoms with Crippen molar-refractivity contribution >= 4 is 51.0 Å². The van der Waals surface area contributed by atoms with E-state index >= 15 is 0 Å². The molecule has 0 amide bonds. The number of fused-ring (bicyclic) bond motifs is 2. The monoisotopic (exact) mass is 474 g/mol. The standard InChI is InChI=1S/C27H20Cl2N2O2/c28-18-13-15-25(21(29)16-18)33-26(32)11-5-8-20-19-7-2-4-10-23(19)31-27(20)24-14-12-17-6-1-3-9-22(17)30-24/h1-4,6-7,9-10,12-16,31H,5,8,11H2. The average Bonchev–Trinajstić information content (AvgIpc) is 3.19. The summed E-state index contributed by atoms with van der Waals surface area (Å²) in [4.78, 5) is 20.8. The van der Waals surface area contributed by atoms with Gasteiger partial charge in [-0.2, -0.15) is 0 Å². The Bertz CT molecular complexity index is 1480. The van der Waals surface area contributed by atoms with E-state index in [0.717, 1.165) is 38.8 Å². The molecule has 33 heavy (non-hydrogen) atoms. The topological polar surface area (TPSA) is 55.0 Å². The Labute approximate surface area is 201 Å². The maximum Gasteiger partial charge on any atom is 0.311 e. The minimum Gasteiger partial charge on any atom is -0.425 e. The molecule has 0 aliphatic carbocycles. The van der Waals surface area contributed by atoms with Crippen molar-refractivity contribution in [2.45, 2.75) is 19.3 Å². The Balaban J connectivity index is 1.37. The molecule has 3 aromatic carbocycles. The van der Waals surface area contributed by atoms with Gasteiger partial charge in [0.1, 0.15) is 5.75 Å². The Morgan fingerprint density at radius 1 is 0.939 bits per heavy atom. The second kappa shape index (κ2) is 9.26. The number of benzene rings is 3. The average molecular weight is 475 g/mol. The maximum atomic E-state index is 12.4. The molecular weight excluding hydrogens is 455 g/mol. The van der Waals surface area contributed by atoms with E-state index in [-0.39, 0.29) is 12.4 Å². The number of ether oxygens (including phenoxy) is 1. The van der Waals surface area contributed by atoms with Gasteiger partial charge >= 0.3 is 5.97 Å². The van der Waals surface area contributed by atoms with Crippen molar-refractivity contribution in [1.82, 2.24) is 9.97 Å². The van der Waals surface area contributed by atoms with E-state index in [1.54, 1.807) is 18.2 Å². The highest BCUT2D eigenvalue weighted by atomic mass is 35.5. The number of H-pyrrole nitrogens is 1. The Hall–Kier alpha value is -3.34. The molecule has 6 heteroatoms. The van der Waals surface area contributed by atoms with Crippen molar-refractivity contribution < 1.29 is 9.53 Å². The predicted octanol–water partition coefficient (Wildman–Crippen LogP) is 7.62. The Morgan fingerprint density at radius 3 is 2.64 bits per heavy atom. The lowest BCUT2D eigenvalue weighted by atomic mass is 10.0. The molecule has 0 bridgehead atoms. The van der Waals surface area contributed by atoms with Crippen molar-refractivity contribution in [2.24, 2.45) is 0 Å². The van der Waals surface area contributed by atoms with Crippen LogP contribution in [0.1, 0.15) is 18.4 Å². The quantitative estimate of drug-likeness (QED) is 0.203. The molecule has 4 nitrogen and oxygen atoms in total. The zero-order chi connectivity index (χ0) is 22.8. The molecule has 0 aliphatic heterocycles. The fourth-order valence-corrected chi connectivity index (χ4v) is 4.47. The molecule has 1 N–H and O–H groups in total. The first kappa shape index (κ1) is 21.5. The number of aromatic amines is 1. The number of carbonyl (C=O) groups excluding carboxylic acids is 1. The van der Waals surface area contributed by atoms with Gasteiger partial charge in [0.15, 0.2) is 0 Å². The molecule has 2 aromatic heterocycles. The molecule has 0 spiro atoms. The van der Waals surface area contributed by atoms with Gasteiger partial charge in [0, 0.05) is 27.7 Å². The molecule has 0 saturated heterocycles. The summed E-state index contributed by atoms with van der Waals surface area (Å²) < 4.78 is 5.42. The lowest BCUT2D eigenvalue weighted by Gasteiger charge is -2.08. The van der Waals surface area contributed by atoms with Gasteiger partial charge < -0.3 is 9.72 Å². The largest absolute Gasteiger partial charge is 0.425 e. The van der Waals surface area contributed by atoms with Crippen LogP contribution in [0.25, 0.3) is 33.2 Å². The predicted molar refractivity (Wildman–Crippen MR) is 134 cm³/mol. The minimum atomic E-state index is -0.329. The van der Waals surface area contributed by atoms with Gasteiger partial charge in [0.25, 0.3) is 0 Å². The number of para-hydroxylation sites is 2.